The lowest BCUT2D eigenvalue weighted by atomic mass is 10.3. The van der Waals surface area contributed by atoms with Crippen LogP contribution in [0.3, 0.4) is 0 Å². The quantitative estimate of drug-likeness (QED) is 0.583. The zero-order valence-electron chi connectivity index (χ0n) is 14.1. The molecule has 4 rings (SSSR count). The Morgan fingerprint density at radius 1 is 1.23 bits per heavy atom. The van der Waals surface area contributed by atoms with Gasteiger partial charge < -0.3 is 5.43 Å². The van der Waals surface area contributed by atoms with Gasteiger partial charge in [-0.1, -0.05) is 11.6 Å². The Bertz CT molecular complexity index is 1160. The van der Waals surface area contributed by atoms with Crippen LogP contribution in [0, 0.1) is 13.8 Å². The maximum atomic E-state index is 12.9. The van der Waals surface area contributed by atoms with Crippen molar-refractivity contribution in [1.29, 1.82) is 0 Å². The Labute approximate surface area is 157 Å². The maximum Gasteiger partial charge on any atom is 0.283 e. The number of hydrogen-bond acceptors (Lipinski definition) is 6. The molecule has 0 unspecified atom stereocenters. The zero-order valence-corrected chi connectivity index (χ0v) is 15.7. The summed E-state index contributed by atoms with van der Waals surface area (Å²) in [5.74, 6) is 0.443. The summed E-state index contributed by atoms with van der Waals surface area (Å²) in [6.45, 7) is 4.37. The van der Waals surface area contributed by atoms with E-state index in [1.807, 2.05) is 6.07 Å². The highest BCUT2D eigenvalue weighted by atomic mass is 35.5. The number of thiophene rings is 1. The maximum absolute atomic E-state index is 12.9. The molecule has 0 saturated carbocycles. The molecule has 26 heavy (non-hydrogen) atoms. The van der Waals surface area contributed by atoms with Crippen molar-refractivity contribution in [3.63, 3.8) is 0 Å². The highest BCUT2D eigenvalue weighted by Gasteiger charge is 2.17. The summed E-state index contributed by atoms with van der Waals surface area (Å²) >= 11 is 7.90. The van der Waals surface area contributed by atoms with Crippen LogP contribution in [0.2, 0.25) is 5.02 Å². The van der Waals surface area contributed by atoms with Gasteiger partial charge in [0.05, 0.1) is 17.3 Å². The topological polar surface area (TPSA) is 77.6 Å². The fourth-order valence-corrected chi connectivity index (χ4v) is 3.73. The third kappa shape index (κ3) is 2.87. The van der Waals surface area contributed by atoms with Crippen molar-refractivity contribution in [2.75, 3.05) is 5.43 Å². The van der Waals surface area contributed by atoms with E-state index in [1.54, 1.807) is 36.6 Å². The second kappa shape index (κ2) is 6.54. The first kappa shape index (κ1) is 16.7. The predicted octanol–water partition coefficient (Wildman–Crippen LogP) is 3.05. The average Bonchev–Trinajstić information content (AvgIpc) is 3.18. The molecular formula is C17H15ClN6OS. The summed E-state index contributed by atoms with van der Waals surface area (Å²) in [6, 6.07) is 7.55. The fraction of sp³-hybridized carbons (Fsp3) is 0.176. The molecule has 0 atom stereocenters. The number of pyridine rings is 1. The summed E-state index contributed by atoms with van der Waals surface area (Å²) in [6.07, 6.45) is 3.08. The second-order valence-electron chi connectivity index (χ2n) is 5.77. The van der Waals surface area contributed by atoms with Crippen LogP contribution in [-0.4, -0.2) is 24.4 Å². The molecule has 0 aliphatic carbocycles. The molecule has 0 aliphatic rings. The molecule has 0 bridgehead atoms. The van der Waals surface area contributed by atoms with E-state index in [-0.39, 0.29) is 5.56 Å². The van der Waals surface area contributed by atoms with Gasteiger partial charge in [0.15, 0.2) is 11.5 Å². The summed E-state index contributed by atoms with van der Waals surface area (Å²) < 4.78 is 2.89. The smallest absolute Gasteiger partial charge is 0.283 e. The van der Waals surface area contributed by atoms with E-state index in [2.05, 4.69) is 33.5 Å². The molecule has 0 amide bonds. The molecule has 0 aromatic carbocycles. The minimum Gasteiger partial charge on any atom is -0.317 e. The van der Waals surface area contributed by atoms with Crippen LogP contribution in [0.4, 0.5) is 0 Å². The van der Waals surface area contributed by atoms with Crippen LogP contribution >= 0.6 is 22.9 Å². The molecule has 0 fully saturated rings. The van der Waals surface area contributed by atoms with Crippen molar-refractivity contribution in [3.8, 4) is 5.82 Å². The first-order valence-electron chi connectivity index (χ1n) is 7.91. The summed E-state index contributed by atoms with van der Waals surface area (Å²) in [5, 5.41) is 5.29. The van der Waals surface area contributed by atoms with E-state index in [0.717, 1.165) is 4.88 Å². The van der Waals surface area contributed by atoms with E-state index in [1.165, 1.54) is 20.6 Å². The molecule has 0 aliphatic heterocycles. The molecule has 4 aromatic heterocycles. The van der Waals surface area contributed by atoms with Crippen molar-refractivity contribution in [2.45, 2.75) is 20.4 Å². The Balaban J connectivity index is 1.75. The first-order valence-corrected chi connectivity index (χ1v) is 9.11. The van der Waals surface area contributed by atoms with Gasteiger partial charge in [0.2, 0.25) is 0 Å². The molecule has 4 aromatic rings. The summed E-state index contributed by atoms with van der Waals surface area (Å²) in [4.78, 5) is 23.9. The Morgan fingerprint density at radius 3 is 2.81 bits per heavy atom. The lowest BCUT2D eigenvalue weighted by molar-refractivity contribution is 0.789. The third-order valence-corrected chi connectivity index (χ3v) is 5.22. The number of nitrogens with one attached hydrogen (secondary N) is 1. The van der Waals surface area contributed by atoms with Crippen LogP contribution in [-0.2, 0) is 6.54 Å². The number of nitrogens with zero attached hydrogens (tertiary/aromatic N) is 5. The zero-order chi connectivity index (χ0) is 18.3. The molecule has 0 radical (unpaired) electrons. The predicted molar refractivity (Wildman–Crippen MR) is 103 cm³/mol. The summed E-state index contributed by atoms with van der Waals surface area (Å²) in [7, 11) is 0. The molecule has 4 heterocycles. The standard InChI is InChI=1S/C17H15ClN6OS/c1-10-5-6-12(26-10)8-21-23-9-20-16-14(17(23)25)11(2)22-24(16)15-13(18)4-3-7-19-15/h3-7,9,21H,8H2,1-2H3. The number of halogens is 1. The molecule has 0 spiro atoms. The van der Waals surface area contributed by atoms with Crippen LogP contribution in [0.1, 0.15) is 15.4 Å². The minimum atomic E-state index is -0.209. The molecule has 0 saturated heterocycles. The molecular weight excluding hydrogens is 372 g/mol. The van der Waals surface area contributed by atoms with Crippen molar-refractivity contribution < 1.29 is 0 Å². The van der Waals surface area contributed by atoms with Gasteiger partial charge in [0, 0.05) is 16.0 Å². The van der Waals surface area contributed by atoms with Crippen LogP contribution in [0.5, 0.6) is 0 Å². The van der Waals surface area contributed by atoms with Gasteiger partial charge in [-0.15, -0.1) is 11.3 Å². The normalized spacial score (nSPS) is 11.2. The molecule has 9 heteroatoms. The van der Waals surface area contributed by atoms with Crippen molar-refractivity contribution in [1.82, 2.24) is 24.4 Å². The van der Waals surface area contributed by atoms with Crippen molar-refractivity contribution in [3.05, 3.63) is 67.6 Å². The fourth-order valence-electron chi connectivity index (χ4n) is 2.71. The van der Waals surface area contributed by atoms with Gasteiger partial charge >= 0.3 is 0 Å². The SMILES string of the molecule is Cc1ccc(CNn2cnc3c(c(C)nn3-c3ncccc3Cl)c2=O)s1. The van der Waals surface area contributed by atoms with E-state index in [0.29, 0.717) is 34.1 Å². The van der Waals surface area contributed by atoms with E-state index < -0.39 is 0 Å². The molecule has 132 valence electrons. The highest BCUT2D eigenvalue weighted by Crippen LogP contribution is 2.21. The Morgan fingerprint density at radius 2 is 2.08 bits per heavy atom. The second-order valence-corrected chi connectivity index (χ2v) is 7.55. The molecule has 7 nitrogen and oxygen atoms in total. The monoisotopic (exact) mass is 386 g/mol. The van der Waals surface area contributed by atoms with E-state index >= 15 is 0 Å². The lowest BCUT2D eigenvalue weighted by Crippen LogP contribution is -2.29. The summed E-state index contributed by atoms with van der Waals surface area (Å²) in [5.41, 5.74) is 3.89. The van der Waals surface area contributed by atoms with Gasteiger partial charge in [0.1, 0.15) is 11.7 Å². The number of rotatable bonds is 4. The van der Waals surface area contributed by atoms with Crippen LogP contribution in [0.25, 0.3) is 16.9 Å². The van der Waals surface area contributed by atoms with Crippen LogP contribution < -0.4 is 11.0 Å². The number of hydrogen-bond donors (Lipinski definition) is 1. The van der Waals surface area contributed by atoms with E-state index in [9.17, 15) is 4.79 Å². The van der Waals surface area contributed by atoms with Gasteiger partial charge in [-0.3, -0.25) is 4.79 Å². The van der Waals surface area contributed by atoms with Gasteiger partial charge in [0.25, 0.3) is 5.56 Å². The minimum absolute atomic E-state index is 0.209. The van der Waals surface area contributed by atoms with Crippen molar-refractivity contribution >= 4 is 34.0 Å². The third-order valence-electron chi connectivity index (χ3n) is 3.92. The van der Waals surface area contributed by atoms with Crippen LogP contribution in [0.15, 0.2) is 41.6 Å². The van der Waals surface area contributed by atoms with Gasteiger partial charge in [-0.25, -0.2) is 14.6 Å². The Hall–Kier alpha value is -2.71. The number of aryl methyl sites for hydroxylation is 2. The Kier molecular flexibility index (Phi) is 4.21. The first-order chi connectivity index (χ1) is 12.5. The lowest BCUT2D eigenvalue weighted by Gasteiger charge is -2.08. The highest BCUT2D eigenvalue weighted by molar-refractivity contribution is 7.11. The number of aromatic nitrogens is 5. The van der Waals surface area contributed by atoms with Gasteiger partial charge in [-0.05, 0) is 38.1 Å². The van der Waals surface area contributed by atoms with Gasteiger partial charge in [-0.2, -0.15) is 9.78 Å². The molecule has 1 N–H and O–H groups in total. The largest absolute Gasteiger partial charge is 0.317 e. The van der Waals surface area contributed by atoms with Crippen molar-refractivity contribution in [2.24, 2.45) is 0 Å². The number of fused-ring (bicyclic) bond motifs is 1. The van der Waals surface area contributed by atoms with E-state index in [4.69, 9.17) is 11.6 Å². The average molecular weight is 387 g/mol.